The van der Waals surface area contributed by atoms with Crippen molar-refractivity contribution >= 4 is 52.6 Å². The van der Waals surface area contributed by atoms with E-state index in [0.717, 1.165) is 16.7 Å². The molecule has 0 spiro atoms. The van der Waals surface area contributed by atoms with Gasteiger partial charge in [0.1, 0.15) is 24.4 Å². The number of hydrogen-bond acceptors (Lipinski definition) is 12. The first-order valence-corrected chi connectivity index (χ1v) is 20.2. The van der Waals surface area contributed by atoms with E-state index in [-0.39, 0.29) is 25.4 Å². The Morgan fingerprint density at radius 3 is 1.49 bits per heavy atom. The Kier molecular flexibility index (Phi) is 15.8. The van der Waals surface area contributed by atoms with Crippen LogP contribution in [-0.2, 0) is 67.2 Å². The highest BCUT2D eigenvalue weighted by atomic mass is 35.6. The Morgan fingerprint density at radius 2 is 1.00 bits per heavy atom. The van der Waals surface area contributed by atoms with Crippen LogP contribution in [0.4, 0.5) is 0 Å². The van der Waals surface area contributed by atoms with Gasteiger partial charge >= 0.3 is 11.9 Å². The molecule has 0 radical (unpaired) electrons. The molecule has 12 nitrogen and oxygen atoms in total. The Labute approximate surface area is 358 Å². The van der Waals surface area contributed by atoms with Crippen LogP contribution in [0.5, 0.6) is 0 Å². The Bertz CT molecular complexity index is 1940. The fraction of sp³-hybridized carbons (Fsp3) is 0.386. The maximum atomic E-state index is 13.7. The second-order valence-electron chi connectivity index (χ2n) is 14.1. The minimum atomic E-state index is -2.31. The maximum Gasteiger partial charge on any atom is 0.338 e. The molecule has 2 aliphatic heterocycles. The van der Waals surface area contributed by atoms with Crippen molar-refractivity contribution in [3.8, 4) is 0 Å². The summed E-state index contributed by atoms with van der Waals surface area (Å²) in [6.07, 6.45) is -11.1. The number of carbonyl (C=O) groups is 2. The van der Waals surface area contributed by atoms with Crippen molar-refractivity contribution in [2.45, 2.75) is 106 Å². The van der Waals surface area contributed by atoms with Crippen LogP contribution >= 0.6 is 34.8 Å². The first-order valence-electron chi connectivity index (χ1n) is 19.1. The molecule has 4 aromatic carbocycles. The molecule has 59 heavy (non-hydrogen) atoms. The molecule has 6 rings (SSSR count). The molecule has 0 amide bonds. The van der Waals surface area contributed by atoms with Gasteiger partial charge < -0.3 is 42.6 Å². The lowest BCUT2D eigenvalue weighted by Crippen LogP contribution is -2.65. The number of nitrogens with one attached hydrogen (secondary N) is 1. The zero-order valence-corrected chi connectivity index (χ0v) is 34.8. The second kappa shape index (κ2) is 20.9. The first kappa shape index (κ1) is 44.5. The average molecular weight is 871 g/mol. The first-order chi connectivity index (χ1) is 28.4. The smallest absolute Gasteiger partial charge is 0.338 e. The van der Waals surface area contributed by atoms with Gasteiger partial charge in [-0.3, -0.25) is 10.2 Å². The van der Waals surface area contributed by atoms with Crippen molar-refractivity contribution in [1.82, 2.24) is 0 Å². The van der Waals surface area contributed by atoms with Crippen LogP contribution < -0.4 is 0 Å². The zero-order chi connectivity index (χ0) is 41.9. The van der Waals surface area contributed by atoms with E-state index in [1.54, 1.807) is 37.3 Å². The van der Waals surface area contributed by atoms with E-state index in [1.807, 2.05) is 97.9 Å². The molecule has 10 atom stereocenters. The number of carbonyl (C=O) groups excluding carboxylic acids is 2. The highest BCUT2D eigenvalue weighted by Gasteiger charge is 2.56. The topological polar surface area (TPSA) is 141 Å². The molecule has 15 heteroatoms. The van der Waals surface area contributed by atoms with Crippen molar-refractivity contribution in [2.75, 3.05) is 0 Å². The van der Waals surface area contributed by atoms with Crippen LogP contribution in [0.25, 0.3) is 0 Å². The number of benzene rings is 4. The number of ether oxygens (including phenoxy) is 9. The summed E-state index contributed by atoms with van der Waals surface area (Å²) in [7, 11) is 0. The summed E-state index contributed by atoms with van der Waals surface area (Å²) < 4.78 is 54.9. The van der Waals surface area contributed by atoms with Gasteiger partial charge in [-0.15, -0.1) is 0 Å². The quantitative estimate of drug-likeness (QED) is 0.0536. The molecule has 1 N–H and O–H groups in total. The summed E-state index contributed by atoms with van der Waals surface area (Å²) in [6.45, 7) is 5.22. The minimum Gasteiger partial charge on any atom is -0.457 e. The fourth-order valence-corrected chi connectivity index (χ4v) is 6.92. The van der Waals surface area contributed by atoms with Crippen molar-refractivity contribution in [2.24, 2.45) is 0 Å². The van der Waals surface area contributed by atoms with Gasteiger partial charge in [-0.2, -0.15) is 0 Å². The van der Waals surface area contributed by atoms with Crippen molar-refractivity contribution in [3.05, 3.63) is 144 Å². The van der Waals surface area contributed by atoms with E-state index in [9.17, 15) is 9.59 Å². The van der Waals surface area contributed by atoms with Gasteiger partial charge in [-0.25, -0.2) is 4.79 Å². The molecule has 6 unspecified atom stereocenters. The molecule has 2 heterocycles. The van der Waals surface area contributed by atoms with Crippen molar-refractivity contribution < 1.29 is 52.2 Å². The second-order valence-corrected chi connectivity index (χ2v) is 16.3. The third-order valence-electron chi connectivity index (χ3n) is 9.65. The van der Waals surface area contributed by atoms with Crippen LogP contribution in [0.2, 0.25) is 0 Å². The van der Waals surface area contributed by atoms with Gasteiger partial charge in [0, 0.05) is 6.92 Å². The summed E-state index contributed by atoms with van der Waals surface area (Å²) in [4.78, 5) is 26.4. The highest BCUT2D eigenvalue weighted by Crippen LogP contribution is 2.37. The lowest BCUT2D eigenvalue weighted by atomic mass is 9.96. The lowest BCUT2D eigenvalue weighted by Gasteiger charge is -2.49. The van der Waals surface area contributed by atoms with E-state index in [2.05, 4.69) is 0 Å². The normalized spacial score (nSPS) is 27.0. The fourth-order valence-electron chi connectivity index (χ4n) is 6.78. The van der Waals surface area contributed by atoms with Crippen molar-refractivity contribution in [1.29, 1.82) is 5.41 Å². The van der Waals surface area contributed by atoms with Crippen LogP contribution in [0.3, 0.4) is 0 Å². The maximum absolute atomic E-state index is 13.7. The molecule has 2 saturated heterocycles. The van der Waals surface area contributed by atoms with Crippen LogP contribution in [-0.4, -0.2) is 83.0 Å². The zero-order valence-electron chi connectivity index (χ0n) is 32.6. The monoisotopic (exact) mass is 869 g/mol. The molecule has 0 saturated carbocycles. The highest BCUT2D eigenvalue weighted by molar-refractivity contribution is 6.76. The number of rotatable bonds is 15. The van der Waals surface area contributed by atoms with E-state index in [4.69, 9.17) is 82.8 Å². The van der Waals surface area contributed by atoms with Crippen molar-refractivity contribution in [3.63, 3.8) is 0 Å². The number of hydrogen-bond donors (Lipinski definition) is 1. The summed E-state index contributed by atoms with van der Waals surface area (Å²) in [6, 6.07) is 37.1. The van der Waals surface area contributed by atoms with Crippen LogP contribution in [0, 0.1) is 5.41 Å². The van der Waals surface area contributed by atoms with E-state index in [1.165, 1.54) is 6.92 Å². The molecular formula is C44H46Cl3NO11. The van der Waals surface area contributed by atoms with Gasteiger partial charge in [-0.1, -0.05) is 144 Å². The molecule has 314 valence electrons. The number of alkyl halides is 3. The largest absolute Gasteiger partial charge is 0.457 e. The summed E-state index contributed by atoms with van der Waals surface area (Å²) in [5.74, 6) is -2.29. The third-order valence-corrected chi connectivity index (χ3v) is 10.2. The minimum absolute atomic E-state index is 0.121. The standard InChI is InChI=1S/C44H46Cl3NO11/c1-27-34(51-24-30-16-8-4-9-17-30)36(52-25-31-18-10-5-11-19-31)38(53-26-32-20-12-6-13-21-32)41(54-27)58-37-35(56-29(3)49)28(2)55-42(59-43(48)44(45,46)47)39(37)57-40(50)33-22-14-7-15-23-33/h4-23,27-28,34-39,41-42,48H,24-26H2,1-3H3/t27?,28?,34-,35-,36?,37?,38?,39?,41-,42-/m0/s1. The molecule has 0 bridgehead atoms. The molecule has 0 aliphatic carbocycles. The Balaban J connectivity index is 1.40. The van der Waals surface area contributed by atoms with Gasteiger partial charge in [0.25, 0.3) is 3.79 Å². The van der Waals surface area contributed by atoms with E-state index in [0.29, 0.717) is 0 Å². The average Bonchev–Trinajstić information content (AvgIpc) is 3.22. The predicted molar refractivity (Wildman–Crippen MR) is 219 cm³/mol. The summed E-state index contributed by atoms with van der Waals surface area (Å²) >= 11 is 18.1. The Hall–Kier alpha value is -4.08. The number of halogens is 3. The van der Waals surface area contributed by atoms with Gasteiger partial charge in [0.05, 0.1) is 37.6 Å². The Morgan fingerprint density at radius 1 is 0.559 bits per heavy atom. The van der Waals surface area contributed by atoms with Crippen LogP contribution in [0.15, 0.2) is 121 Å². The van der Waals surface area contributed by atoms with E-state index < -0.39 is 83.0 Å². The van der Waals surface area contributed by atoms with Gasteiger partial charge in [0.15, 0.2) is 18.5 Å². The molecule has 0 aromatic heterocycles. The summed E-state index contributed by atoms with van der Waals surface area (Å²) in [5, 5.41) is 8.38. The molecular weight excluding hydrogens is 825 g/mol. The molecule has 2 fully saturated rings. The number of esters is 2. The van der Waals surface area contributed by atoms with E-state index >= 15 is 0 Å². The third kappa shape index (κ3) is 12.3. The SMILES string of the molecule is CC(=O)O[C@H]1C(C)O[C@@H](OC(=N)C(Cl)(Cl)Cl)C(OC(=O)c2ccccc2)C1O[C@@H]1OC(C)[C@H](OCc2ccccc2)C(OCc2ccccc2)C1OCc1ccccc1. The predicted octanol–water partition coefficient (Wildman–Crippen LogP) is 8.14. The molecule has 2 aliphatic rings. The van der Waals surface area contributed by atoms with Crippen LogP contribution in [0.1, 0.15) is 47.8 Å². The molecule has 4 aromatic rings. The van der Waals surface area contributed by atoms with Gasteiger partial charge in [0.2, 0.25) is 12.2 Å². The van der Waals surface area contributed by atoms with Gasteiger partial charge in [-0.05, 0) is 42.7 Å². The lowest BCUT2D eigenvalue weighted by molar-refractivity contribution is -0.360. The summed E-state index contributed by atoms with van der Waals surface area (Å²) in [5.41, 5.74) is 2.89.